The molecule has 3 aromatic rings. The molecule has 1 aromatic heterocycles. The largest absolute Gasteiger partial charge is 0.372 e. The minimum atomic E-state index is -3.62. The predicted octanol–water partition coefficient (Wildman–Crippen LogP) is 3.35. The van der Waals surface area contributed by atoms with Gasteiger partial charge in [0.1, 0.15) is 11.4 Å². The molecule has 3 rings (SSSR count). The highest BCUT2D eigenvalue weighted by Crippen LogP contribution is 2.23. The molecule has 0 aliphatic rings. The lowest BCUT2D eigenvalue weighted by Crippen LogP contribution is -2.18. The maximum absolute atomic E-state index is 12.9. The predicted molar refractivity (Wildman–Crippen MR) is 128 cm³/mol. The van der Waals surface area contributed by atoms with E-state index >= 15 is 0 Å². The second kappa shape index (κ2) is 9.37. The van der Waals surface area contributed by atoms with Gasteiger partial charge in [0.05, 0.1) is 0 Å². The van der Waals surface area contributed by atoms with E-state index in [-0.39, 0.29) is 22.4 Å². The lowest BCUT2D eigenvalue weighted by atomic mass is 10.1. The zero-order valence-electron chi connectivity index (χ0n) is 19.0. The van der Waals surface area contributed by atoms with Crippen molar-refractivity contribution in [2.24, 2.45) is 0 Å². The molecule has 0 radical (unpaired) electrons. The average Bonchev–Trinajstić information content (AvgIpc) is 2.74. The van der Waals surface area contributed by atoms with Crippen LogP contribution in [0.3, 0.4) is 0 Å². The summed E-state index contributed by atoms with van der Waals surface area (Å²) in [6.45, 7) is 5.66. The van der Waals surface area contributed by atoms with Crippen molar-refractivity contribution in [3.05, 3.63) is 70.4 Å². The van der Waals surface area contributed by atoms with Crippen LogP contribution in [0, 0.1) is 20.8 Å². The normalized spacial score (nSPS) is 11.1. The lowest BCUT2D eigenvalue weighted by Gasteiger charge is -2.13. The summed E-state index contributed by atoms with van der Waals surface area (Å²) >= 11 is 0. The lowest BCUT2D eigenvalue weighted by molar-refractivity contribution is 0.101. The molecule has 1 heterocycles. The number of anilines is 3. The van der Waals surface area contributed by atoms with Crippen LogP contribution in [0.2, 0.25) is 0 Å². The van der Waals surface area contributed by atoms with Gasteiger partial charge in [0.2, 0.25) is 15.0 Å². The highest BCUT2D eigenvalue weighted by atomic mass is 32.2. The van der Waals surface area contributed by atoms with Crippen molar-refractivity contribution in [1.82, 2.24) is 9.97 Å². The van der Waals surface area contributed by atoms with Crippen molar-refractivity contribution in [2.45, 2.75) is 25.9 Å². The summed E-state index contributed by atoms with van der Waals surface area (Å²) in [5.41, 5.74) is 4.36. The zero-order chi connectivity index (χ0) is 24.3. The van der Waals surface area contributed by atoms with Gasteiger partial charge in [0.25, 0.3) is 11.8 Å². The summed E-state index contributed by atoms with van der Waals surface area (Å²) in [5.74, 6) is -0.703. The summed E-state index contributed by atoms with van der Waals surface area (Å²) in [5, 5.41) is 7.96. The van der Waals surface area contributed by atoms with Crippen LogP contribution in [-0.4, -0.2) is 43.5 Å². The Morgan fingerprint density at radius 3 is 2.18 bits per heavy atom. The van der Waals surface area contributed by atoms with Crippen molar-refractivity contribution >= 4 is 38.8 Å². The fourth-order valence-corrected chi connectivity index (χ4v) is 3.74. The summed E-state index contributed by atoms with van der Waals surface area (Å²) in [7, 11) is -2.10. The molecule has 0 unspecified atom stereocenters. The van der Waals surface area contributed by atoms with Gasteiger partial charge in [0.15, 0.2) is 0 Å². The smallest absolute Gasteiger partial charge is 0.261 e. The molecule has 0 fully saturated rings. The van der Waals surface area contributed by atoms with Gasteiger partial charge in [-0.05, 0) is 50.6 Å². The van der Waals surface area contributed by atoms with Crippen molar-refractivity contribution in [1.29, 1.82) is 0 Å². The molecular weight excluding hydrogens is 442 g/mol. The van der Waals surface area contributed by atoms with E-state index in [1.54, 1.807) is 30.3 Å². The van der Waals surface area contributed by atoms with E-state index in [0.29, 0.717) is 16.9 Å². The molecule has 33 heavy (non-hydrogen) atoms. The molecule has 172 valence electrons. The Labute approximate surface area is 192 Å². The molecule has 3 N–H and O–H groups in total. The summed E-state index contributed by atoms with van der Waals surface area (Å²) in [6, 6.07) is 10.8. The average molecular weight is 468 g/mol. The first-order chi connectivity index (χ1) is 15.5. The van der Waals surface area contributed by atoms with E-state index in [0.717, 1.165) is 29.1 Å². The molecule has 0 aliphatic heterocycles. The molecule has 2 amide bonds. The number of aromatic nitrogens is 2. The number of hydrogen-bond acceptors (Lipinski definition) is 7. The van der Waals surface area contributed by atoms with E-state index in [9.17, 15) is 18.0 Å². The van der Waals surface area contributed by atoms with Crippen molar-refractivity contribution in [3.63, 3.8) is 0 Å². The molecule has 0 saturated carbocycles. The maximum atomic E-state index is 12.9. The number of nitrogens with one attached hydrogen (secondary N) is 3. The molecule has 10 heteroatoms. The highest BCUT2D eigenvalue weighted by Gasteiger charge is 2.19. The number of carbonyl (C=O) groups excluding carboxylic acids is 2. The van der Waals surface area contributed by atoms with Gasteiger partial charge >= 0.3 is 0 Å². The monoisotopic (exact) mass is 467 g/mol. The number of hydrogen-bond donors (Lipinski definition) is 3. The molecule has 9 nitrogen and oxygen atoms in total. The molecule has 2 aromatic carbocycles. The Kier molecular flexibility index (Phi) is 6.78. The first kappa shape index (κ1) is 23.9. The van der Waals surface area contributed by atoms with Crippen LogP contribution in [0.25, 0.3) is 0 Å². The fourth-order valence-electron chi connectivity index (χ4n) is 3.23. The van der Waals surface area contributed by atoms with E-state index in [1.807, 2.05) is 26.8 Å². The van der Waals surface area contributed by atoms with E-state index < -0.39 is 15.7 Å². The molecule has 0 aliphatic carbocycles. The summed E-state index contributed by atoms with van der Waals surface area (Å²) in [6.07, 6.45) is 2.15. The first-order valence-electron chi connectivity index (χ1n) is 10.0. The Morgan fingerprint density at radius 2 is 1.58 bits per heavy atom. The molecular formula is C23H25N5O4S. The third kappa shape index (κ3) is 5.72. The molecule has 0 bridgehead atoms. The van der Waals surface area contributed by atoms with Crippen molar-refractivity contribution < 1.29 is 18.0 Å². The van der Waals surface area contributed by atoms with Gasteiger partial charge in [0, 0.05) is 36.4 Å². The van der Waals surface area contributed by atoms with Gasteiger partial charge in [-0.3, -0.25) is 9.59 Å². The van der Waals surface area contributed by atoms with Crippen LogP contribution in [-0.2, 0) is 9.84 Å². The molecule has 0 saturated heterocycles. The maximum Gasteiger partial charge on any atom is 0.261 e. The number of carbonyl (C=O) groups is 2. The number of sulfone groups is 1. The third-order valence-corrected chi connectivity index (χ3v) is 5.67. The third-order valence-electron chi connectivity index (χ3n) is 4.81. The van der Waals surface area contributed by atoms with Crippen LogP contribution < -0.4 is 16.0 Å². The minimum absolute atomic E-state index is 0.0778. The Balaban J connectivity index is 1.84. The summed E-state index contributed by atoms with van der Waals surface area (Å²) in [4.78, 5) is 33.3. The van der Waals surface area contributed by atoms with Gasteiger partial charge in [-0.2, -0.15) is 0 Å². The quantitative estimate of drug-likeness (QED) is 0.474. The van der Waals surface area contributed by atoms with E-state index in [1.165, 1.54) is 7.05 Å². The second-order valence-electron chi connectivity index (χ2n) is 7.75. The van der Waals surface area contributed by atoms with Gasteiger partial charge < -0.3 is 16.0 Å². The zero-order valence-corrected chi connectivity index (χ0v) is 19.8. The Bertz CT molecular complexity index is 1330. The molecule has 0 atom stereocenters. The van der Waals surface area contributed by atoms with Crippen LogP contribution in [0.15, 0.2) is 47.8 Å². The number of benzene rings is 2. The number of rotatable bonds is 6. The van der Waals surface area contributed by atoms with Crippen LogP contribution in [0.5, 0.6) is 0 Å². The molecule has 0 spiro atoms. The SMILES string of the molecule is CNc1nc(S(C)(=O)=O)ncc1C(=O)Nc1cc(NC(=O)c2cc(C)cc(C)c2)ccc1C. The van der Waals surface area contributed by atoms with Gasteiger partial charge in [-0.25, -0.2) is 18.4 Å². The first-order valence-corrected chi connectivity index (χ1v) is 11.9. The van der Waals surface area contributed by atoms with Crippen LogP contribution >= 0.6 is 0 Å². The number of nitrogens with zero attached hydrogens (tertiary/aromatic N) is 2. The second-order valence-corrected chi connectivity index (χ2v) is 9.66. The highest BCUT2D eigenvalue weighted by molar-refractivity contribution is 7.90. The standard InChI is InChI=1S/C23H25N5O4S/c1-13-8-14(2)10-16(9-13)21(29)26-17-7-6-15(3)19(11-17)27-22(30)18-12-25-23(33(5,31)32)28-20(18)24-4/h6-12H,1-5H3,(H,26,29)(H,27,30)(H,24,25,28). The van der Waals surface area contributed by atoms with Crippen molar-refractivity contribution in [2.75, 3.05) is 29.3 Å². The topological polar surface area (TPSA) is 130 Å². The van der Waals surface area contributed by atoms with E-state index in [2.05, 4.69) is 25.9 Å². The number of amides is 2. The van der Waals surface area contributed by atoms with Crippen LogP contribution in [0.1, 0.15) is 37.4 Å². The summed E-state index contributed by atoms with van der Waals surface area (Å²) < 4.78 is 23.4. The van der Waals surface area contributed by atoms with Gasteiger partial charge in [-0.1, -0.05) is 23.3 Å². The number of aryl methyl sites for hydroxylation is 3. The minimum Gasteiger partial charge on any atom is -0.372 e. The van der Waals surface area contributed by atoms with Gasteiger partial charge in [-0.15, -0.1) is 0 Å². The van der Waals surface area contributed by atoms with Crippen molar-refractivity contribution in [3.8, 4) is 0 Å². The van der Waals surface area contributed by atoms with Crippen LogP contribution in [0.4, 0.5) is 17.2 Å². The Morgan fingerprint density at radius 1 is 0.909 bits per heavy atom. The fraction of sp³-hybridized carbons (Fsp3) is 0.217. The Hall–Kier alpha value is -3.79. The van der Waals surface area contributed by atoms with E-state index in [4.69, 9.17) is 0 Å².